The number of guanidine groups is 1. The molecule has 2 bridgehead atoms. The number of hydrogen-bond acceptors (Lipinski definition) is 15. The summed E-state index contributed by atoms with van der Waals surface area (Å²) in [6, 6.07) is -5.13. The maximum absolute atomic E-state index is 14.8. The highest BCUT2D eigenvalue weighted by Gasteiger charge is 2.47. The van der Waals surface area contributed by atoms with Crippen molar-refractivity contribution < 1.29 is 70.8 Å². The molecule has 6 amide bonds. The second-order valence-corrected chi connectivity index (χ2v) is 17.9. The molecule has 2 fully saturated rings. The molecule has 1 aromatic rings. The number of aliphatic hydroxyl groups excluding tert-OH is 2. The van der Waals surface area contributed by atoms with Crippen LogP contribution in [0.2, 0.25) is 5.02 Å². The summed E-state index contributed by atoms with van der Waals surface area (Å²) in [4.78, 5) is 105. The number of aliphatic hydroxyl groups is 2. The van der Waals surface area contributed by atoms with Crippen molar-refractivity contribution in [2.75, 3.05) is 20.2 Å². The first-order valence-electron chi connectivity index (χ1n) is 21.3. The smallest absolute Gasteiger partial charge is 0.397 e. The third kappa shape index (κ3) is 15.1. The molecule has 12 N–H and O–H groups in total. The Morgan fingerprint density at radius 2 is 1.67 bits per heavy atom. The molecule has 11 atom stereocenters. The molecular weight excluding hydrogens is 914 g/mol. The Morgan fingerprint density at radius 1 is 1.02 bits per heavy atom. The second-order valence-electron chi connectivity index (χ2n) is 16.4. The number of cyclic esters (lactones) is 1. The van der Waals surface area contributed by atoms with Crippen molar-refractivity contribution in [1.29, 1.82) is 0 Å². The lowest BCUT2D eigenvalue weighted by Crippen LogP contribution is -2.66. The van der Waals surface area contributed by atoms with E-state index >= 15 is 0 Å². The summed E-state index contributed by atoms with van der Waals surface area (Å²) in [6.45, 7) is 6.53. The van der Waals surface area contributed by atoms with E-state index in [4.69, 9.17) is 32.4 Å². The number of nitrogens with one attached hydrogen (secondary N) is 4. The number of likely N-dealkylation sites (N-methyl/N-ethyl adjacent to an activating group) is 1. The van der Waals surface area contributed by atoms with Crippen molar-refractivity contribution in [2.45, 2.75) is 134 Å². The van der Waals surface area contributed by atoms with Crippen LogP contribution in [-0.2, 0) is 59.3 Å². The van der Waals surface area contributed by atoms with Crippen LogP contribution in [0.4, 0.5) is 0 Å². The van der Waals surface area contributed by atoms with E-state index in [1.54, 1.807) is 27.7 Å². The molecule has 0 spiro atoms. The van der Waals surface area contributed by atoms with Gasteiger partial charge in [0.25, 0.3) is 5.91 Å². The summed E-state index contributed by atoms with van der Waals surface area (Å²) in [6.07, 6.45) is -5.62. The fraction of sp³-hybridized carbons (Fsp3) is 0.650. The zero-order chi connectivity index (χ0) is 49.8. The Kier molecular flexibility index (Phi) is 20.4. The maximum atomic E-state index is 14.8. The first-order valence-corrected chi connectivity index (χ1v) is 23.1. The van der Waals surface area contributed by atoms with Crippen LogP contribution in [0, 0.1) is 11.8 Å². The number of esters is 1. The van der Waals surface area contributed by atoms with Crippen LogP contribution in [0.5, 0.6) is 5.75 Å². The summed E-state index contributed by atoms with van der Waals surface area (Å²) in [7, 11) is -3.83. The largest absolute Gasteiger partial charge is 0.506 e. The van der Waals surface area contributed by atoms with Crippen molar-refractivity contribution >= 4 is 69.4 Å². The Hall–Kier alpha value is -5.34. The minimum atomic E-state index is -5.14. The fourth-order valence-corrected chi connectivity index (χ4v) is 7.81. The van der Waals surface area contributed by atoms with Crippen LogP contribution < -0.4 is 32.7 Å². The molecule has 370 valence electrons. The first kappa shape index (κ1) is 55.0. The minimum absolute atomic E-state index is 0.0336. The van der Waals surface area contributed by atoms with Crippen molar-refractivity contribution in [2.24, 2.45) is 28.3 Å². The van der Waals surface area contributed by atoms with Crippen molar-refractivity contribution in [3.8, 4) is 5.75 Å². The lowest BCUT2D eigenvalue weighted by atomic mass is 9.91. The monoisotopic (exact) mass is 975 g/mol. The van der Waals surface area contributed by atoms with Crippen LogP contribution in [0.1, 0.15) is 78.7 Å². The summed E-state index contributed by atoms with van der Waals surface area (Å²) in [5.41, 5.74) is 11.3. The van der Waals surface area contributed by atoms with E-state index in [1.165, 1.54) is 25.2 Å². The number of rotatable bonds is 15. The van der Waals surface area contributed by atoms with Gasteiger partial charge in [-0.1, -0.05) is 58.2 Å². The summed E-state index contributed by atoms with van der Waals surface area (Å²) in [5, 5.41) is 41.7. The Bertz CT molecular complexity index is 2080. The number of halogens is 1. The molecule has 2 saturated heterocycles. The van der Waals surface area contributed by atoms with Crippen molar-refractivity contribution in [3.05, 3.63) is 28.8 Å². The summed E-state index contributed by atoms with van der Waals surface area (Å²) in [5.74, 6) is -9.14. The number of aliphatic imine (C=N–C) groups is 1. The van der Waals surface area contributed by atoms with Crippen LogP contribution in [0.25, 0.3) is 0 Å². The number of piperidine rings is 1. The zero-order valence-corrected chi connectivity index (χ0v) is 39.1. The molecule has 24 nitrogen and oxygen atoms in total. The van der Waals surface area contributed by atoms with Gasteiger partial charge in [0.2, 0.25) is 29.5 Å². The quantitative estimate of drug-likeness (QED) is 0.0297. The molecule has 0 saturated carbocycles. The van der Waals surface area contributed by atoms with Gasteiger partial charge in [0, 0.05) is 20.0 Å². The van der Waals surface area contributed by atoms with Gasteiger partial charge < -0.3 is 62.6 Å². The van der Waals surface area contributed by atoms with Gasteiger partial charge in [0.15, 0.2) is 12.1 Å². The second kappa shape index (κ2) is 24.4. The highest BCUT2D eigenvalue weighted by atomic mass is 35.5. The normalized spacial score (nSPS) is 26.6. The van der Waals surface area contributed by atoms with Crippen LogP contribution in [0.3, 0.4) is 0 Å². The number of ether oxygens (including phenoxy) is 1. The lowest BCUT2D eigenvalue weighted by molar-refractivity contribution is -0.168. The molecule has 3 rings (SSSR count). The SMILES string of the molecule is CC[C@H](C)[C@@H]1NC(=O)[C@@H](Cc2ccc(O)c(Cl)c2)N(C)C(=O)[C@@H]([C@@H](C)CC)N2C(=O)[C@H](CC[C@H]2O)NC(=O)[C@H](CCCN=C(N)N)NC(=O)[C@@H](NC(=O)[C@H](O)COS(=O)(=O)O)[C@@H](C)OC1=O. The predicted octanol–water partition coefficient (Wildman–Crippen LogP) is -2.06. The molecule has 2 aliphatic heterocycles. The van der Waals surface area contributed by atoms with E-state index in [9.17, 15) is 57.3 Å². The van der Waals surface area contributed by atoms with Gasteiger partial charge in [-0.2, -0.15) is 8.42 Å². The molecule has 0 aromatic heterocycles. The standard InChI is InChI=1S/C40H62ClN9O15S/c1-7-19(3)30-39(60)65-21(5)31(48-35(56)28(52)18-64-66(61,62)63)36(57)45-24(10-9-15-44-40(42)43)33(54)46-25-12-14-29(53)50(37(25)58)32(20(4)8-2)38(59)49(6)26(34(55)47-30)17-22-11-13-27(51)23(41)16-22/h11,13,16,19-21,24-26,28-32,51-53H,7-10,12,14-15,17-18H2,1-6H3,(H,45,57)(H,46,54)(H,47,55)(H,48,56)(H4,42,43,44)(H,61,62,63)/t19-,20-,21+,24-,25-,26+,28+,29+,30-,31-,32+/m0/s1. The predicted molar refractivity (Wildman–Crippen MR) is 235 cm³/mol. The zero-order valence-electron chi connectivity index (χ0n) is 37.5. The number of nitrogens with zero attached hydrogens (tertiary/aromatic N) is 3. The highest BCUT2D eigenvalue weighted by Crippen LogP contribution is 2.29. The van der Waals surface area contributed by atoms with Crippen LogP contribution in [-0.4, -0.2) is 160 Å². The molecule has 0 unspecified atom stereocenters. The number of amides is 6. The Labute approximate surface area is 387 Å². The number of hydrogen-bond donors (Lipinski definition) is 10. The summed E-state index contributed by atoms with van der Waals surface area (Å²) < 4.78 is 41.1. The molecular formula is C40H62ClN9O15S. The molecule has 1 aromatic carbocycles. The van der Waals surface area contributed by atoms with Crippen molar-refractivity contribution in [1.82, 2.24) is 31.1 Å². The third-order valence-electron chi connectivity index (χ3n) is 11.6. The number of fused-ring (bicyclic) bond motifs is 2. The van der Waals surface area contributed by atoms with E-state index in [-0.39, 0.29) is 61.8 Å². The number of carbonyl (C=O) groups is 7. The Morgan fingerprint density at radius 3 is 2.26 bits per heavy atom. The topological polar surface area (TPSA) is 372 Å². The van der Waals surface area contributed by atoms with Gasteiger partial charge in [0.05, 0.1) is 5.02 Å². The number of aromatic hydroxyl groups is 1. The number of phenolic OH excluding ortho intramolecular Hbond substituents is 1. The van der Waals surface area contributed by atoms with Crippen LogP contribution in [0.15, 0.2) is 23.2 Å². The molecule has 0 aliphatic carbocycles. The lowest BCUT2D eigenvalue weighted by Gasteiger charge is -2.44. The number of carbonyl (C=O) groups excluding carboxylic acids is 7. The molecule has 0 radical (unpaired) electrons. The minimum Gasteiger partial charge on any atom is -0.506 e. The van der Waals surface area contributed by atoms with E-state index in [2.05, 4.69) is 30.4 Å². The van der Waals surface area contributed by atoms with Crippen molar-refractivity contribution in [3.63, 3.8) is 0 Å². The van der Waals surface area contributed by atoms with E-state index in [1.807, 2.05) is 0 Å². The average Bonchev–Trinajstić information content (AvgIpc) is 3.25. The van der Waals surface area contributed by atoms with E-state index in [0.717, 1.165) is 16.7 Å². The van der Waals surface area contributed by atoms with E-state index in [0.29, 0.717) is 12.0 Å². The van der Waals surface area contributed by atoms with Gasteiger partial charge in [-0.05, 0) is 62.1 Å². The Balaban J connectivity index is 2.26. The molecule has 66 heavy (non-hydrogen) atoms. The highest BCUT2D eigenvalue weighted by molar-refractivity contribution is 7.80. The summed E-state index contributed by atoms with van der Waals surface area (Å²) >= 11 is 6.22. The number of phenols is 1. The molecule has 2 aliphatic rings. The number of nitrogens with two attached hydrogens (primary N) is 2. The molecule has 26 heteroatoms. The maximum Gasteiger partial charge on any atom is 0.397 e. The van der Waals surface area contributed by atoms with Gasteiger partial charge in [-0.25, -0.2) is 8.98 Å². The first-order chi connectivity index (χ1) is 30.8. The van der Waals surface area contributed by atoms with Gasteiger partial charge in [-0.3, -0.25) is 38.3 Å². The van der Waals surface area contributed by atoms with E-state index < -0.39 is 125 Å². The average molecular weight is 977 g/mol. The van der Waals surface area contributed by atoms with Crippen LogP contribution >= 0.6 is 11.6 Å². The fourth-order valence-electron chi connectivity index (χ4n) is 7.31. The molecule has 2 heterocycles. The van der Waals surface area contributed by atoms with Gasteiger partial charge >= 0.3 is 16.4 Å². The van der Waals surface area contributed by atoms with Gasteiger partial charge in [0.1, 0.15) is 60.9 Å². The van der Waals surface area contributed by atoms with Gasteiger partial charge in [-0.15, -0.1) is 0 Å². The third-order valence-corrected chi connectivity index (χ3v) is 12.3. The number of benzene rings is 1.